The minimum Gasteiger partial charge on any atom is -0.481 e. The number of nitrogens with zero attached hydrogens (tertiary/aromatic N) is 2. The first-order chi connectivity index (χ1) is 12.9. The number of amides is 1. The Kier molecular flexibility index (Phi) is 5.94. The summed E-state index contributed by atoms with van der Waals surface area (Å²) in [5.41, 5.74) is 4.28. The second-order valence-electron chi connectivity index (χ2n) is 7.18. The molecule has 1 amide bonds. The lowest BCUT2D eigenvalue weighted by Crippen LogP contribution is -2.39. The average molecular weight is 369 g/mol. The number of carbonyl (C=O) groups excluding carboxylic acids is 1. The molecule has 0 saturated heterocycles. The van der Waals surface area contributed by atoms with Gasteiger partial charge >= 0.3 is 0 Å². The number of fused-ring (bicyclic) bond motifs is 1. The monoisotopic (exact) mass is 369 g/mol. The van der Waals surface area contributed by atoms with Crippen molar-refractivity contribution in [1.29, 1.82) is 0 Å². The summed E-state index contributed by atoms with van der Waals surface area (Å²) < 4.78 is 7.16. The molecular weight excluding hydrogens is 342 g/mol. The minimum atomic E-state index is -0.611. The molecule has 6 heteroatoms. The molecule has 144 valence electrons. The summed E-state index contributed by atoms with van der Waals surface area (Å²) >= 11 is 0. The maximum atomic E-state index is 12.3. The lowest BCUT2D eigenvalue weighted by Gasteiger charge is -2.17. The van der Waals surface area contributed by atoms with E-state index >= 15 is 0 Å². The van der Waals surface area contributed by atoms with E-state index in [-0.39, 0.29) is 11.5 Å². The highest BCUT2D eigenvalue weighted by atomic mass is 16.5. The molecule has 1 aromatic heterocycles. The van der Waals surface area contributed by atoms with Crippen LogP contribution in [0.2, 0.25) is 0 Å². The Bertz CT molecular complexity index is 889. The van der Waals surface area contributed by atoms with Gasteiger partial charge in [-0.05, 0) is 75.3 Å². The van der Waals surface area contributed by atoms with E-state index in [4.69, 9.17) is 4.74 Å². The quantitative estimate of drug-likeness (QED) is 0.848. The number of aromatic nitrogens is 2. The SMILES string of the molecule is Cc1ccc(OC(C)C(=O)NCCn2nc3c(cc2=O)CCCC3)cc1C. The van der Waals surface area contributed by atoms with Crippen molar-refractivity contribution in [3.05, 3.63) is 57.0 Å². The van der Waals surface area contributed by atoms with E-state index in [1.54, 1.807) is 13.0 Å². The number of benzene rings is 1. The number of carbonyl (C=O) groups is 1. The van der Waals surface area contributed by atoms with Crippen LogP contribution in [0.4, 0.5) is 0 Å². The zero-order valence-corrected chi connectivity index (χ0v) is 16.2. The van der Waals surface area contributed by atoms with Gasteiger partial charge in [-0.1, -0.05) is 6.07 Å². The fraction of sp³-hybridized carbons (Fsp3) is 0.476. The molecular formula is C21H27N3O3. The van der Waals surface area contributed by atoms with Crippen molar-refractivity contribution in [3.63, 3.8) is 0 Å². The molecule has 0 aliphatic heterocycles. The summed E-state index contributed by atoms with van der Waals surface area (Å²) in [6.45, 7) is 6.45. The van der Waals surface area contributed by atoms with Crippen LogP contribution in [0.1, 0.15) is 42.1 Å². The maximum absolute atomic E-state index is 12.3. The lowest BCUT2D eigenvalue weighted by molar-refractivity contribution is -0.127. The van der Waals surface area contributed by atoms with Gasteiger partial charge in [0.05, 0.1) is 12.2 Å². The average Bonchev–Trinajstić information content (AvgIpc) is 2.65. The van der Waals surface area contributed by atoms with Crippen molar-refractivity contribution in [2.24, 2.45) is 0 Å². The topological polar surface area (TPSA) is 73.2 Å². The number of hydrogen-bond donors (Lipinski definition) is 1. The molecule has 0 radical (unpaired) electrons. The van der Waals surface area contributed by atoms with Crippen molar-refractivity contribution in [2.75, 3.05) is 6.54 Å². The van der Waals surface area contributed by atoms with Crippen LogP contribution < -0.4 is 15.6 Å². The van der Waals surface area contributed by atoms with Crippen molar-refractivity contribution in [1.82, 2.24) is 15.1 Å². The molecule has 27 heavy (non-hydrogen) atoms. The van der Waals surface area contributed by atoms with Gasteiger partial charge in [0.2, 0.25) is 0 Å². The standard InChI is InChI=1S/C21H27N3O3/c1-14-8-9-18(12-15(14)2)27-16(3)21(26)22-10-11-24-20(25)13-17-6-4-5-7-19(17)23-24/h8-9,12-13,16H,4-7,10-11H2,1-3H3,(H,22,26). The number of nitrogens with one attached hydrogen (secondary N) is 1. The Labute approximate surface area is 159 Å². The van der Waals surface area contributed by atoms with Gasteiger partial charge in [0, 0.05) is 12.6 Å². The first-order valence-corrected chi connectivity index (χ1v) is 9.55. The fourth-order valence-electron chi connectivity index (χ4n) is 3.23. The normalized spacial score (nSPS) is 14.3. The van der Waals surface area contributed by atoms with Gasteiger partial charge in [0.15, 0.2) is 6.10 Å². The van der Waals surface area contributed by atoms with Gasteiger partial charge in [-0.25, -0.2) is 4.68 Å². The zero-order valence-electron chi connectivity index (χ0n) is 16.2. The first kappa shape index (κ1) is 19.1. The van der Waals surface area contributed by atoms with E-state index < -0.39 is 6.10 Å². The van der Waals surface area contributed by atoms with Gasteiger partial charge in [-0.2, -0.15) is 5.10 Å². The molecule has 3 rings (SSSR count). The van der Waals surface area contributed by atoms with Crippen LogP contribution in [0.3, 0.4) is 0 Å². The van der Waals surface area contributed by atoms with Gasteiger partial charge < -0.3 is 10.1 Å². The third-order valence-electron chi connectivity index (χ3n) is 5.06. The second kappa shape index (κ2) is 8.37. The lowest BCUT2D eigenvalue weighted by atomic mass is 9.97. The van der Waals surface area contributed by atoms with E-state index in [2.05, 4.69) is 10.4 Å². The van der Waals surface area contributed by atoms with Crippen LogP contribution in [0, 0.1) is 13.8 Å². The summed E-state index contributed by atoms with van der Waals surface area (Å²) in [5.74, 6) is 0.465. The van der Waals surface area contributed by atoms with Crippen LogP contribution in [0.15, 0.2) is 29.1 Å². The largest absolute Gasteiger partial charge is 0.481 e. The summed E-state index contributed by atoms with van der Waals surface area (Å²) in [5, 5.41) is 7.28. The Morgan fingerprint density at radius 1 is 1.22 bits per heavy atom. The van der Waals surface area contributed by atoms with Gasteiger partial charge in [-0.15, -0.1) is 0 Å². The van der Waals surface area contributed by atoms with Gasteiger partial charge in [0.25, 0.3) is 11.5 Å². The van der Waals surface area contributed by atoms with Crippen LogP contribution in [-0.2, 0) is 24.2 Å². The Hall–Kier alpha value is -2.63. The summed E-state index contributed by atoms with van der Waals surface area (Å²) in [7, 11) is 0. The summed E-state index contributed by atoms with van der Waals surface area (Å²) in [6, 6.07) is 7.46. The van der Waals surface area contributed by atoms with E-state index in [1.807, 2.05) is 32.0 Å². The molecule has 0 saturated carbocycles. The molecule has 0 fully saturated rings. The smallest absolute Gasteiger partial charge is 0.267 e. The Morgan fingerprint density at radius 3 is 2.78 bits per heavy atom. The highest BCUT2D eigenvalue weighted by molar-refractivity contribution is 5.80. The molecule has 6 nitrogen and oxygen atoms in total. The van der Waals surface area contributed by atoms with E-state index in [0.717, 1.165) is 42.5 Å². The van der Waals surface area contributed by atoms with Crippen LogP contribution in [-0.4, -0.2) is 28.3 Å². The minimum absolute atomic E-state index is 0.107. The highest BCUT2D eigenvalue weighted by Gasteiger charge is 2.16. The molecule has 1 aliphatic carbocycles. The molecule has 0 spiro atoms. The highest BCUT2D eigenvalue weighted by Crippen LogP contribution is 2.18. The van der Waals surface area contributed by atoms with Gasteiger partial charge in [0.1, 0.15) is 5.75 Å². The van der Waals surface area contributed by atoms with Crippen LogP contribution >= 0.6 is 0 Å². The first-order valence-electron chi connectivity index (χ1n) is 9.55. The molecule has 1 N–H and O–H groups in total. The van der Waals surface area contributed by atoms with Crippen LogP contribution in [0.25, 0.3) is 0 Å². The molecule has 1 atom stereocenters. The van der Waals surface area contributed by atoms with Crippen molar-refractivity contribution in [3.8, 4) is 5.75 Å². The predicted octanol–water partition coefficient (Wildman–Crippen LogP) is 2.32. The molecule has 0 bridgehead atoms. The van der Waals surface area contributed by atoms with E-state index in [0.29, 0.717) is 18.8 Å². The second-order valence-corrected chi connectivity index (χ2v) is 7.18. The number of hydrogen-bond acceptors (Lipinski definition) is 4. The third-order valence-corrected chi connectivity index (χ3v) is 5.06. The maximum Gasteiger partial charge on any atom is 0.267 e. The molecule has 1 aliphatic rings. The van der Waals surface area contributed by atoms with Crippen molar-refractivity contribution < 1.29 is 9.53 Å². The molecule has 1 aromatic carbocycles. The fourth-order valence-corrected chi connectivity index (χ4v) is 3.23. The van der Waals surface area contributed by atoms with Crippen molar-refractivity contribution in [2.45, 2.75) is 59.1 Å². The predicted molar refractivity (Wildman–Crippen MR) is 104 cm³/mol. The van der Waals surface area contributed by atoms with E-state index in [9.17, 15) is 9.59 Å². The Morgan fingerprint density at radius 2 is 2.00 bits per heavy atom. The van der Waals surface area contributed by atoms with E-state index in [1.165, 1.54) is 10.2 Å². The third kappa shape index (κ3) is 4.76. The van der Waals surface area contributed by atoms with Gasteiger partial charge in [-0.3, -0.25) is 9.59 Å². The zero-order chi connectivity index (χ0) is 19.4. The summed E-state index contributed by atoms with van der Waals surface area (Å²) in [4.78, 5) is 24.4. The molecule has 2 aromatic rings. The molecule has 1 heterocycles. The molecule has 1 unspecified atom stereocenters. The van der Waals surface area contributed by atoms with Crippen LogP contribution in [0.5, 0.6) is 5.75 Å². The Balaban J connectivity index is 1.53. The number of rotatable bonds is 6. The number of aryl methyl sites for hydroxylation is 4. The number of ether oxygens (including phenoxy) is 1. The summed E-state index contributed by atoms with van der Waals surface area (Å²) in [6.07, 6.45) is 3.47. The van der Waals surface area contributed by atoms with Crippen molar-refractivity contribution >= 4 is 5.91 Å².